The van der Waals surface area contributed by atoms with Gasteiger partial charge in [0.15, 0.2) is 0 Å². The lowest BCUT2D eigenvalue weighted by atomic mass is 10.0. The smallest absolute Gasteiger partial charge is 0.252 e. The van der Waals surface area contributed by atoms with Gasteiger partial charge in [0.05, 0.1) is 24.5 Å². The lowest BCUT2D eigenvalue weighted by molar-refractivity contribution is -0.138. The van der Waals surface area contributed by atoms with Crippen LogP contribution in [0.2, 0.25) is 0 Å². The second-order valence-electron chi connectivity index (χ2n) is 7.75. The minimum absolute atomic E-state index is 0.171. The molecule has 0 N–H and O–H groups in total. The summed E-state index contributed by atoms with van der Waals surface area (Å²) in [5.41, 5.74) is 2.18. The third-order valence-electron chi connectivity index (χ3n) is 5.97. The Morgan fingerprint density at radius 1 is 1.28 bits per heavy atom. The summed E-state index contributed by atoms with van der Waals surface area (Å²) in [6.07, 6.45) is 6.28. The van der Waals surface area contributed by atoms with Crippen molar-refractivity contribution in [2.75, 3.05) is 26.7 Å². The van der Waals surface area contributed by atoms with Crippen LogP contribution in [0.5, 0.6) is 0 Å². The number of nitrogens with zero attached hydrogens (tertiary/aromatic N) is 4. The first kappa shape index (κ1) is 15.3. The fourth-order valence-corrected chi connectivity index (χ4v) is 4.33. The number of likely N-dealkylation sites (N-methyl/N-ethyl adjacent to an activating group) is 1. The molecule has 5 rings (SSSR count). The van der Waals surface area contributed by atoms with Crippen molar-refractivity contribution in [3.8, 4) is 0 Å². The van der Waals surface area contributed by atoms with E-state index in [0.717, 1.165) is 31.9 Å². The molecule has 1 aliphatic carbocycles. The Kier molecular flexibility index (Phi) is 3.57. The van der Waals surface area contributed by atoms with E-state index in [-0.39, 0.29) is 24.0 Å². The zero-order chi connectivity index (χ0) is 17.0. The van der Waals surface area contributed by atoms with Crippen LogP contribution < -0.4 is 0 Å². The number of rotatable bonds is 5. The van der Waals surface area contributed by atoms with Gasteiger partial charge in [-0.3, -0.25) is 9.69 Å². The van der Waals surface area contributed by atoms with Crippen molar-refractivity contribution in [1.29, 1.82) is 0 Å². The fourth-order valence-electron chi connectivity index (χ4n) is 4.33. The van der Waals surface area contributed by atoms with Crippen molar-refractivity contribution in [1.82, 2.24) is 19.2 Å². The average Bonchev–Trinajstić information content (AvgIpc) is 3.16. The molecule has 2 saturated heterocycles. The standard InChI is InChI=1S/C19H24N4O2/c1-21-16-11-22(9-14-8-20-17-4-2-3-7-23(14)17)10-15(16)18(19(21)24)25-12-13-5-6-13/h2-4,7-8,13,15-16,18H,5-6,9-12H2,1H3/t15-,16+,18-/m0/s1. The largest absolute Gasteiger partial charge is 0.368 e. The van der Waals surface area contributed by atoms with Crippen LogP contribution in [0.25, 0.3) is 5.65 Å². The molecule has 4 heterocycles. The van der Waals surface area contributed by atoms with Gasteiger partial charge in [-0.1, -0.05) is 6.07 Å². The summed E-state index contributed by atoms with van der Waals surface area (Å²) in [7, 11) is 1.93. The molecule has 2 aliphatic heterocycles. The van der Waals surface area contributed by atoms with Crippen LogP contribution >= 0.6 is 0 Å². The summed E-state index contributed by atoms with van der Waals surface area (Å²) in [5.74, 6) is 1.15. The van der Waals surface area contributed by atoms with Gasteiger partial charge in [0, 0.05) is 38.8 Å². The molecule has 0 bridgehead atoms. The van der Waals surface area contributed by atoms with Crippen molar-refractivity contribution in [2.24, 2.45) is 11.8 Å². The lowest BCUT2D eigenvalue weighted by Gasteiger charge is -2.21. The minimum atomic E-state index is -0.247. The van der Waals surface area contributed by atoms with Crippen LogP contribution in [0.15, 0.2) is 30.6 Å². The number of amides is 1. The first-order valence-corrected chi connectivity index (χ1v) is 9.22. The molecule has 6 nitrogen and oxygen atoms in total. The number of hydrogen-bond acceptors (Lipinski definition) is 4. The van der Waals surface area contributed by atoms with Gasteiger partial charge in [-0.15, -0.1) is 0 Å². The number of hydrogen-bond donors (Lipinski definition) is 0. The van der Waals surface area contributed by atoms with E-state index in [9.17, 15) is 4.79 Å². The molecule has 0 radical (unpaired) electrons. The predicted octanol–water partition coefficient (Wildman–Crippen LogP) is 1.40. The first-order valence-electron chi connectivity index (χ1n) is 9.22. The fraction of sp³-hybridized carbons (Fsp3) is 0.579. The molecule has 3 fully saturated rings. The number of aromatic nitrogens is 2. The van der Waals surface area contributed by atoms with Crippen molar-refractivity contribution in [3.05, 3.63) is 36.3 Å². The highest BCUT2D eigenvalue weighted by Crippen LogP contribution is 2.36. The molecule has 6 heteroatoms. The topological polar surface area (TPSA) is 50.1 Å². The highest BCUT2D eigenvalue weighted by Gasteiger charge is 2.51. The normalized spacial score (nSPS) is 29.7. The Labute approximate surface area is 147 Å². The highest BCUT2D eigenvalue weighted by molar-refractivity contribution is 5.84. The van der Waals surface area contributed by atoms with Crippen LogP contribution in [0, 0.1) is 11.8 Å². The summed E-state index contributed by atoms with van der Waals surface area (Å²) in [5, 5.41) is 0. The van der Waals surface area contributed by atoms with E-state index in [1.165, 1.54) is 18.5 Å². The third kappa shape index (κ3) is 2.64. The van der Waals surface area contributed by atoms with Gasteiger partial charge in [-0.25, -0.2) is 4.98 Å². The summed E-state index contributed by atoms with van der Waals surface area (Å²) in [6, 6.07) is 6.34. The number of carbonyl (C=O) groups excluding carboxylic acids is 1. The average molecular weight is 340 g/mol. The Hall–Kier alpha value is -1.92. The van der Waals surface area contributed by atoms with Crippen LogP contribution in [0.1, 0.15) is 18.5 Å². The van der Waals surface area contributed by atoms with Gasteiger partial charge in [0.1, 0.15) is 11.8 Å². The Balaban J connectivity index is 1.30. The second-order valence-corrected chi connectivity index (χ2v) is 7.75. The van der Waals surface area contributed by atoms with Gasteiger partial charge < -0.3 is 14.0 Å². The maximum atomic E-state index is 12.5. The maximum absolute atomic E-state index is 12.5. The molecule has 25 heavy (non-hydrogen) atoms. The van der Waals surface area contributed by atoms with E-state index < -0.39 is 0 Å². The third-order valence-corrected chi connectivity index (χ3v) is 5.97. The molecular weight excluding hydrogens is 316 g/mol. The van der Waals surface area contributed by atoms with Crippen molar-refractivity contribution < 1.29 is 9.53 Å². The minimum Gasteiger partial charge on any atom is -0.368 e. The van der Waals surface area contributed by atoms with Crippen molar-refractivity contribution in [2.45, 2.75) is 31.5 Å². The molecule has 1 saturated carbocycles. The van der Waals surface area contributed by atoms with Gasteiger partial charge in [-0.05, 0) is 30.9 Å². The van der Waals surface area contributed by atoms with Gasteiger partial charge in [-0.2, -0.15) is 0 Å². The highest BCUT2D eigenvalue weighted by atomic mass is 16.5. The van der Waals surface area contributed by atoms with Gasteiger partial charge in [0.25, 0.3) is 5.91 Å². The first-order chi connectivity index (χ1) is 12.2. The van der Waals surface area contributed by atoms with Gasteiger partial charge in [0.2, 0.25) is 0 Å². The number of pyridine rings is 1. The number of imidazole rings is 1. The SMILES string of the molecule is CN1C(=O)[C@@H](OCC2CC2)[C@H]2CN(Cc3cnc4ccccn34)C[C@H]21. The summed E-state index contributed by atoms with van der Waals surface area (Å²) in [4.78, 5) is 21.3. The molecule has 0 unspecified atom stereocenters. The van der Waals surface area contributed by atoms with Gasteiger partial charge >= 0.3 is 0 Å². The molecule has 2 aromatic rings. The second kappa shape index (κ2) is 5.81. The van der Waals surface area contributed by atoms with E-state index in [1.54, 1.807) is 0 Å². The lowest BCUT2D eigenvalue weighted by Crippen LogP contribution is -2.37. The van der Waals surface area contributed by atoms with Crippen LogP contribution in [0.3, 0.4) is 0 Å². The van der Waals surface area contributed by atoms with Crippen LogP contribution in [-0.2, 0) is 16.1 Å². The zero-order valence-electron chi connectivity index (χ0n) is 14.5. The zero-order valence-corrected chi connectivity index (χ0v) is 14.5. The molecular formula is C19H24N4O2. The predicted molar refractivity (Wildman–Crippen MR) is 93.0 cm³/mol. The van der Waals surface area contributed by atoms with E-state index in [0.29, 0.717) is 5.92 Å². The van der Waals surface area contributed by atoms with Crippen LogP contribution in [-0.4, -0.2) is 64.0 Å². The number of ether oxygens (including phenoxy) is 1. The summed E-state index contributed by atoms with van der Waals surface area (Å²) < 4.78 is 8.18. The molecule has 3 aliphatic rings. The van der Waals surface area contributed by atoms with E-state index >= 15 is 0 Å². The Bertz CT molecular complexity index is 800. The van der Waals surface area contributed by atoms with Crippen molar-refractivity contribution in [3.63, 3.8) is 0 Å². The number of likely N-dealkylation sites (tertiary alicyclic amines) is 2. The van der Waals surface area contributed by atoms with E-state index in [4.69, 9.17) is 4.74 Å². The Morgan fingerprint density at radius 3 is 3.00 bits per heavy atom. The monoisotopic (exact) mass is 340 g/mol. The summed E-state index contributed by atoms with van der Waals surface area (Å²) >= 11 is 0. The molecule has 0 spiro atoms. The van der Waals surface area contributed by atoms with E-state index in [1.807, 2.05) is 36.3 Å². The number of carbonyl (C=O) groups is 1. The van der Waals surface area contributed by atoms with Crippen LogP contribution in [0.4, 0.5) is 0 Å². The van der Waals surface area contributed by atoms with Crippen molar-refractivity contribution >= 4 is 11.6 Å². The summed E-state index contributed by atoms with van der Waals surface area (Å²) in [6.45, 7) is 3.43. The molecule has 132 valence electrons. The molecule has 0 aromatic carbocycles. The molecule has 2 aromatic heterocycles. The molecule has 1 amide bonds. The molecule has 3 atom stereocenters. The Morgan fingerprint density at radius 2 is 2.16 bits per heavy atom. The van der Waals surface area contributed by atoms with E-state index in [2.05, 4.69) is 20.5 Å². The maximum Gasteiger partial charge on any atom is 0.252 e. The number of fused-ring (bicyclic) bond motifs is 2. The quantitative estimate of drug-likeness (QED) is 0.826.